The second kappa shape index (κ2) is 9.69. The molecule has 2 heterocycles. The number of morpholine rings is 1. The van der Waals surface area contributed by atoms with Crippen molar-refractivity contribution in [3.63, 3.8) is 0 Å². The van der Waals surface area contributed by atoms with E-state index in [2.05, 4.69) is 42.9 Å². The Bertz CT molecular complexity index is 1100. The fraction of sp³-hybridized carbons (Fsp3) is 0.652. The van der Waals surface area contributed by atoms with Crippen LogP contribution >= 0.6 is 0 Å². The minimum atomic E-state index is -3.53. The Kier molecular flexibility index (Phi) is 7.52. The summed E-state index contributed by atoms with van der Waals surface area (Å²) in [6.45, 7) is 10.7. The molecule has 3 rings (SSSR count). The second-order valence-electron chi connectivity index (χ2n) is 9.78. The van der Waals surface area contributed by atoms with Crippen molar-refractivity contribution in [1.29, 1.82) is 0 Å². The Hall–Kier alpha value is -2.01. The van der Waals surface area contributed by atoms with Crippen LogP contribution in [0.25, 0.3) is 11.0 Å². The molecule has 184 valence electrons. The number of benzene rings is 1. The number of nitrogens with zero attached hydrogens (tertiary/aromatic N) is 4. The molecule has 9 nitrogen and oxygen atoms in total. The van der Waals surface area contributed by atoms with Gasteiger partial charge in [0.25, 0.3) is 0 Å². The smallest absolute Gasteiger partial charge is 0.242 e. The van der Waals surface area contributed by atoms with Gasteiger partial charge < -0.3 is 14.6 Å². The summed E-state index contributed by atoms with van der Waals surface area (Å²) in [5.74, 6) is 0.718. The van der Waals surface area contributed by atoms with Crippen LogP contribution in [-0.2, 0) is 33.0 Å². The van der Waals surface area contributed by atoms with Crippen LogP contribution in [0.1, 0.15) is 39.9 Å². The number of aryl methyl sites for hydroxylation is 2. The zero-order valence-corrected chi connectivity index (χ0v) is 21.6. The van der Waals surface area contributed by atoms with Gasteiger partial charge in [0.1, 0.15) is 5.82 Å². The normalized spacial score (nSPS) is 20.5. The Morgan fingerprint density at radius 2 is 1.88 bits per heavy atom. The summed E-state index contributed by atoms with van der Waals surface area (Å²) in [6.07, 6.45) is 1.13. The lowest BCUT2D eigenvalue weighted by molar-refractivity contribution is -0.122. The number of hydrogen-bond acceptors (Lipinski definition) is 6. The summed E-state index contributed by atoms with van der Waals surface area (Å²) < 4.78 is 33.7. The van der Waals surface area contributed by atoms with Crippen LogP contribution in [0, 0.1) is 0 Å². The van der Waals surface area contributed by atoms with E-state index in [1.54, 1.807) is 18.2 Å². The molecule has 1 aromatic carbocycles. The minimum absolute atomic E-state index is 0.0274. The molecule has 10 heteroatoms. The summed E-state index contributed by atoms with van der Waals surface area (Å²) in [5, 5.41) is 3.07. The molecule has 0 spiro atoms. The first-order valence-electron chi connectivity index (χ1n) is 11.4. The van der Waals surface area contributed by atoms with E-state index in [9.17, 15) is 13.2 Å². The maximum absolute atomic E-state index is 12.6. The number of imidazole rings is 1. The topological polar surface area (TPSA) is 96.8 Å². The van der Waals surface area contributed by atoms with E-state index in [1.165, 1.54) is 18.4 Å². The number of carbonyl (C=O) groups is 1. The molecule has 1 N–H and O–H groups in total. The zero-order chi connectivity index (χ0) is 24.6. The van der Waals surface area contributed by atoms with E-state index < -0.39 is 10.0 Å². The maximum atomic E-state index is 12.6. The predicted molar refractivity (Wildman–Crippen MR) is 129 cm³/mol. The van der Waals surface area contributed by atoms with Gasteiger partial charge >= 0.3 is 0 Å². The van der Waals surface area contributed by atoms with E-state index in [0.29, 0.717) is 24.9 Å². The highest BCUT2D eigenvalue weighted by molar-refractivity contribution is 7.89. The van der Waals surface area contributed by atoms with Crippen LogP contribution < -0.4 is 5.32 Å². The third-order valence-electron chi connectivity index (χ3n) is 6.29. The first-order valence-corrected chi connectivity index (χ1v) is 12.8. The van der Waals surface area contributed by atoms with Gasteiger partial charge in [-0.2, -0.15) is 0 Å². The molecule has 1 aliphatic heterocycles. The third-order valence-corrected chi connectivity index (χ3v) is 8.10. The number of sulfonamides is 1. The summed E-state index contributed by atoms with van der Waals surface area (Å²) in [6, 6.07) is 4.93. The van der Waals surface area contributed by atoms with Crippen LogP contribution in [0.4, 0.5) is 0 Å². The van der Waals surface area contributed by atoms with E-state index in [0.717, 1.165) is 24.4 Å². The number of nitrogens with one attached hydrogen (secondary N) is 1. The van der Waals surface area contributed by atoms with Gasteiger partial charge in [-0.1, -0.05) is 0 Å². The van der Waals surface area contributed by atoms with Crippen molar-refractivity contribution in [2.24, 2.45) is 7.05 Å². The van der Waals surface area contributed by atoms with E-state index in [-0.39, 0.29) is 28.5 Å². The van der Waals surface area contributed by atoms with Crippen molar-refractivity contribution in [1.82, 2.24) is 24.1 Å². The van der Waals surface area contributed by atoms with Gasteiger partial charge in [0.05, 0.1) is 28.1 Å². The molecule has 1 amide bonds. The van der Waals surface area contributed by atoms with Gasteiger partial charge in [0.2, 0.25) is 15.9 Å². The van der Waals surface area contributed by atoms with Crippen molar-refractivity contribution in [3.8, 4) is 0 Å². The molecule has 0 radical (unpaired) electrons. The molecular weight excluding hydrogens is 442 g/mol. The monoisotopic (exact) mass is 479 g/mol. The molecule has 1 fully saturated rings. The average molecular weight is 480 g/mol. The van der Waals surface area contributed by atoms with E-state index in [1.807, 2.05) is 11.6 Å². The molecule has 0 aliphatic carbocycles. The largest absolute Gasteiger partial charge is 0.373 e. The molecule has 0 unspecified atom stereocenters. The van der Waals surface area contributed by atoms with Gasteiger partial charge in [-0.05, 0) is 45.9 Å². The highest BCUT2D eigenvalue weighted by atomic mass is 32.2. The van der Waals surface area contributed by atoms with Gasteiger partial charge in [0, 0.05) is 59.2 Å². The van der Waals surface area contributed by atoms with Crippen LogP contribution in [0.15, 0.2) is 23.1 Å². The van der Waals surface area contributed by atoms with Crippen molar-refractivity contribution in [2.75, 3.05) is 33.7 Å². The predicted octanol–water partition coefficient (Wildman–Crippen LogP) is 1.76. The minimum Gasteiger partial charge on any atom is -0.373 e. The van der Waals surface area contributed by atoms with Gasteiger partial charge in [0.15, 0.2) is 0 Å². The maximum Gasteiger partial charge on any atom is 0.242 e. The number of hydrogen-bond donors (Lipinski definition) is 1. The van der Waals surface area contributed by atoms with Crippen molar-refractivity contribution in [2.45, 2.75) is 63.2 Å². The fourth-order valence-corrected chi connectivity index (χ4v) is 5.16. The molecule has 0 saturated carbocycles. The molecular formula is C23H37N5O4S. The Labute approximate surface area is 197 Å². The summed E-state index contributed by atoms with van der Waals surface area (Å²) >= 11 is 0. The highest BCUT2D eigenvalue weighted by Gasteiger charge is 2.33. The summed E-state index contributed by atoms with van der Waals surface area (Å²) in [7, 11) is 1.36. The molecule has 1 saturated heterocycles. The first-order chi connectivity index (χ1) is 15.3. The lowest BCUT2D eigenvalue weighted by Crippen LogP contribution is -2.58. The lowest BCUT2D eigenvalue weighted by atomic mass is 10.00. The Balaban J connectivity index is 1.62. The Morgan fingerprint density at radius 3 is 2.48 bits per heavy atom. The van der Waals surface area contributed by atoms with E-state index >= 15 is 0 Å². The number of ether oxygens (including phenoxy) is 1. The van der Waals surface area contributed by atoms with Crippen LogP contribution in [-0.4, -0.2) is 84.6 Å². The van der Waals surface area contributed by atoms with Crippen molar-refractivity contribution < 1.29 is 17.9 Å². The number of aromatic nitrogens is 2. The fourth-order valence-electron chi connectivity index (χ4n) is 4.24. The zero-order valence-electron chi connectivity index (χ0n) is 20.8. The standard InChI is InChI=1S/C23H37N5O4S/c1-16-13-28(14-17(2)32-16)23(3,4)15-24-22(29)11-10-21-25-19-12-18(33(30,31)26(5)6)8-9-20(19)27(21)7/h8-9,12,16-17H,10-11,13-15H2,1-7H3,(H,24,29)/t16-,17-/m1/s1. The Morgan fingerprint density at radius 1 is 1.24 bits per heavy atom. The van der Waals surface area contributed by atoms with Crippen LogP contribution in [0.5, 0.6) is 0 Å². The first kappa shape index (κ1) is 25.6. The highest BCUT2D eigenvalue weighted by Crippen LogP contribution is 2.23. The van der Waals surface area contributed by atoms with E-state index in [4.69, 9.17) is 4.74 Å². The molecule has 1 aromatic heterocycles. The molecule has 1 aliphatic rings. The number of amides is 1. The average Bonchev–Trinajstić information content (AvgIpc) is 3.05. The summed E-state index contributed by atoms with van der Waals surface area (Å²) in [5.41, 5.74) is 1.26. The number of carbonyl (C=O) groups excluding carboxylic acids is 1. The molecule has 33 heavy (non-hydrogen) atoms. The second-order valence-corrected chi connectivity index (χ2v) is 11.9. The lowest BCUT2D eigenvalue weighted by Gasteiger charge is -2.45. The molecule has 2 aromatic rings. The SMILES string of the molecule is C[C@@H]1CN(C(C)(C)CNC(=O)CCc2nc3cc(S(=O)(=O)N(C)C)ccc3n2C)C[C@@H](C)O1. The quantitative estimate of drug-likeness (QED) is 0.620. The number of rotatable bonds is 8. The number of fused-ring (bicyclic) bond motifs is 1. The summed E-state index contributed by atoms with van der Waals surface area (Å²) in [4.78, 5) is 19.8. The van der Waals surface area contributed by atoms with Crippen molar-refractivity contribution >= 4 is 27.0 Å². The van der Waals surface area contributed by atoms with Crippen LogP contribution in [0.3, 0.4) is 0 Å². The molecule has 0 bridgehead atoms. The van der Waals surface area contributed by atoms with Crippen LogP contribution in [0.2, 0.25) is 0 Å². The van der Waals surface area contributed by atoms with Crippen molar-refractivity contribution in [3.05, 3.63) is 24.0 Å². The van der Waals surface area contributed by atoms with Gasteiger partial charge in [-0.15, -0.1) is 0 Å². The van der Waals surface area contributed by atoms with Gasteiger partial charge in [-0.3, -0.25) is 9.69 Å². The molecule has 2 atom stereocenters. The third kappa shape index (κ3) is 5.74. The van der Waals surface area contributed by atoms with Gasteiger partial charge in [-0.25, -0.2) is 17.7 Å².